The Balaban J connectivity index is 3.42. The van der Waals surface area contributed by atoms with Gasteiger partial charge in [0.2, 0.25) is 0 Å². The molecule has 0 fully saturated rings. The molecular formula is C7H5F2IN2O3. The predicted octanol–water partition coefficient (Wildman–Crippen LogP) is 2.02. The summed E-state index contributed by atoms with van der Waals surface area (Å²) in [5, 5.41) is 19.2. The number of rotatable bonds is 3. The van der Waals surface area contributed by atoms with Gasteiger partial charge in [0.1, 0.15) is 0 Å². The molecule has 0 aliphatic heterocycles. The second-order valence-corrected chi connectivity index (χ2v) is 3.71. The molecule has 0 atom stereocenters. The lowest BCUT2D eigenvalue weighted by molar-refractivity contribution is -0.387. The first-order valence-corrected chi connectivity index (χ1v) is 4.78. The quantitative estimate of drug-likeness (QED) is 0.523. The summed E-state index contributed by atoms with van der Waals surface area (Å²) in [6.45, 7) is -0.534. The predicted molar refractivity (Wildman–Crippen MR) is 54.5 cm³/mol. The van der Waals surface area contributed by atoms with Gasteiger partial charge >= 0.3 is 5.69 Å². The van der Waals surface area contributed by atoms with Gasteiger partial charge in [0.15, 0.2) is 5.69 Å². The third-order valence-corrected chi connectivity index (χ3v) is 2.40. The van der Waals surface area contributed by atoms with E-state index in [9.17, 15) is 18.9 Å². The molecule has 1 N–H and O–H groups in total. The Morgan fingerprint density at radius 2 is 2.27 bits per heavy atom. The van der Waals surface area contributed by atoms with Gasteiger partial charge in [-0.05, 0) is 28.7 Å². The zero-order valence-electron chi connectivity index (χ0n) is 7.15. The number of aliphatic hydroxyl groups is 1. The zero-order chi connectivity index (χ0) is 11.6. The van der Waals surface area contributed by atoms with E-state index >= 15 is 0 Å². The Labute approximate surface area is 96.4 Å². The van der Waals surface area contributed by atoms with E-state index in [1.807, 2.05) is 0 Å². The Morgan fingerprint density at radius 1 is 1.67 bits per heavy atom. The third kappa shape index (κ3) is 2.56. The first-order valence-electron chi connectivity index (χ1n) is 3.70. The number of halogens is 3. The summed E-state index contributed by atoms with van der Waals surface area (Å²) in [5.74, 6) is 0. The number of pyridine rings is 1. The number of aliphatic hydroxyl groups excluding tert-OH is 1. The lowest BCUT2D eigenvalue weighted by atomic mass is 10.2. The molecule has 0 saturated heterocycles. The smallest absolute Gasteiger partial charge is 0.309 e. The van der Waals surface area contributed by atoms with Crippen molar-refractivity contribution >= 4 is 28.3 Å². The number of aromatic nitrogens is 1. The van der Waals surface area contributed by atoms with Gasteiger partial charge in [-0.1, -0.05) is 0 Å². The minimum atomic E-state index is -3.04. The average molecular weight is 330 g/mol. The highest BCUT2D eigenvalue weighted by molar-refractivity contribution is 14.1. The molecule has 1 aromatic heterocycles. The standard InChI is InChI=1S/C7H5F2IN2O3/c8-7(9)5-6(12(14)15)4(10)1-3(2-13)11-5/h1,7,13H,2H2. The van der Waals surface area contributed by atoms with Gasteiger partial charge in [-0.3, -0.25) is 10.1 Å². The molecule has 1 rings (SSSR count). The molecule has 15 heavy (non-hydrogen) atoms. The summed E-state index contributed by atoms with van der Waals surface area (Å²) >= 11 is 1.56. The molecule has 0 aliphatic carbocycles. The Kier molecular flexibility index (Phi) is 3.85. The lowest BCUT2D eigenvalue weighted by Crippen LogP contribution is -2.04. The maximum absolute atomic E-state index is 12.4. The van der Waals surface area contributed by atoms with Crippen LogP contribution in [0.3, 0.4) is 0 Å². The van der Waals surface area contributed by atoms with Crippen LogP contribution in [-0.4, -0.2) is 15.0 Å². The van der Waals surface area contributed by atoms with Crippen LogP contribution in [0.15, 0.2) is 6.07 Å². The molecule has 0 spiro atoms. The molecule has 0 amide bonds. The molecule has 0 unspecified atom stereocenters. The zero-order valence-corrected chi connectivity index (χ0v) is 9.31. The van der Waals surface area contributed by atoms with Crippen LogP contribution in [0.5, 0.6) is 0 Å². The van der Waals surface area contributed by atoms with Crippen molar-refractivity contribution in [1.29, 1.82) is 0 Å². The number of alkyl halides is 2. The molecule has 8 heteroatoms. The molecular weight excluding hydrogens is 325 g/mol. The fourth-order valence-corrected chi connectivity index (χ4v) is 1.82. The van der Waals surface area contributed by atoms with Gasteiger partial charge in [-0.25, -0.2) is 13.8 Å². The van der Waals surface area contributed by atoms with Crippen molar-refractivity contribution in [3.8, 4) is 0 Å². The number of hydrogen-bond acceptors (Lipinski definition) is 4. The van der Waals surface area contributed by atoms with Gasteiger partial charge < -0.3 is 5.11 Å². The number of nitrogens with zero attached hydrogens (tertiary/aromatic N) is 2. The van der Waals surface area contributed by atoms with Crippen LogP contribution >= 0.6 is 22.6 Å². The van der Waals surface area contributed by atoms with E-state index in [1.165, 1.54) is 6.07 Å². The van der Waals surface area contributed by atoms with Crippen LogP contribution in [0.2, 0.25) is 0 Å². The van der Waals surface area contributed by atoms with Crippen molar-refractivity contribution in [3.63, 3.8) is 0 Å². The van der Waals surface area contributed by atoms with E-state index in [0.717, 1.165) is 0 Å². The van der Waals surface area contributed by atoms with Gasteiger partial charge in [0, 0.05) is 0 Å². The second-order valence-electron chi connectivity index (χ2n) is 2.55. The van der Waals surface area contributed by atoms with E-state index in [-0.39, 0.29) is 9.26 Å². The fourth-order valence-electron chi connectivity index (χ4n) is 0.991. The first kappa shape index (κ1) is 12.2. The van der Waals surface area contributed by atoms with Gasteiger partial charge in [0.25, 0.3) is 6.43 Å². The third-order valence-electron chi connectivity index (χ3n) is 1.58. The Hall–Kier alpha value is -0.900. The monoisotopic (exact) mass is 330 g/mol. The minimum absolute atomic E-state index is 0.0136. The van der Waals surface area contributed by atoms with Gasteiger partial charge in [-0.15, -0.1) is 0 Å². The van der Waals surface area contributed by atoms with E-state index < -0.39 is 29.3 Å². The molecule has 0 radical (unpaired) electrons. The highest BCUT2D eigenvalue weighted by Crippen LogP contribution is 2.31. The Morgan fingerprint density at radius 3 is 2.67 bits per heavy atom. The van der Waals surface area contributed by atoms with E-state index in [2.05, 4.69) is 4.98 Å². The summed E-state index contributed by atoms with van der Waals surface area (Å²) < 4.78 is 24.9. The summed E-state index contributed by atoms with van der Waals surface area (Å²) in [5.41, 5.74) is -1.63. The number of hydrogen-bond donors (Lipinski definition) is 1. The van der Waals surface area contributed by atoms with E-state index in [1.54, 1.807) is 22.6 Å². The van der Waals surface area contributed by atoms with Crippen LogP contribution in [0.25, 0.3) is 0 Å². The topological polar surface area (TPSA) is 76.3 Å². The average Bonchev–Trinajstić information content (AvgIpc) is 2.15. The van der Waals surface area contributed by atoms with Crippen molar-refractivity contribution in [2.75, 3.05) is 0 Å². The van der Waals surface area contributed by atoms with Gasteiger partial charge in [0.05, 0.1) is 20.8 Å². The molecule has 5 nitrogen and oxygen atoms in total. The van der Waals surface area contributed by atoms with Crippen LogP contribution in [-0.2, 0) is 6.61 Å². The van der Waals surface area contributed by atoms with Crippen LogP contribution < -0.4 is 0 Å². The second kappa shape index (κ2) is 4.75. The van der Waals surface area contributed by atoms with Crippen LogP contribution in [0.1, 0.15) is 17.8 Å². The SMILES string of the molecule is O=[N+]([O-])c1c(I)cc(CO)nc1C(F)F. The number of nitro groups is 1. The molecule has 0 aliphatic rings. The molecule has 1 heterocycles. The van der Waals surface area contributed by atoms with Crippen LogP contribution in [0, 0.1) is 13.7 Å². The summed E-state index contributed by atoms with van der Waals surface area (Å²) in [4.78, 5) is 12.9. The maximum Gasteiger partial charge on any atom is 0.309 e. The van der Waals surface area contributed by atoms with Crippen LogP contribution in [0.4, 0.5) is 14.5 Å². The van der Waals surface area contributed by atoms with Crippen molar-refractivity contribution < 1.29 is 18.8 Å². The molecule has 1 aromatic rings. The highest BCUT2D eigenvalue weighted by Gasteiger charge is 2.27. The van der Waals surface area contributed by atoms with E-state index in [4.69, 9.17) is 5.11 Å². The summed E-state index contributed by atoms with van der Waals surface area (Å²) in [6.07, 6.45) is -3.04. The van der Waals surface area contributed by atoms with Crippen molar-refractivity contribution in [1.82, 2.24) is 4.98 Å². The van der Waals surface area contributed by atoms with Crippen molar-refractivity contribution in [2.24, 2.45) is 0 Å². The molecule has 0 bridgehead atoms. The fraction of sp³-hybridized carbons (Fsp3) is 0.286. The Bertz CT molecular complexity index is 400. The first-order chi connectivity index (χ1) is 6.97. The van der Waals surface area contributed by atoms with E-state index in [0.29, 0.717) is 0 Å². The maximum atomic E-state index is 12.4. The minimum Gasteiger partial charge on any atom is -0.390 e. The highest BCUT2D eigenvalue weighted by atomic mass is 127. The molecule has 0 aromatic carbocycles. The summed E-state index contributed by atoms with van der Waals surface area (Å²) in [6, 6.07) is 1.20. The lowest BCUT2D eigenvalue weighted by Gasteiger charge is -2.04. The molecule has 0 saturated carbocycles. The summed E-state index contributed by atoms with van der Waals surface area (Å²) in [7, 11) is 0. The normalized spacial score (nSPS) is 10.7. The largest absolute Gasteiger partial charge is 0.390 e. The molecule has 82 valence electrons. The van der Waals surface area contributed by atoms with Gasteiger partial charge in [-0.2, -0.15) is 0 Å². The van der Waals surface area contributed by atoms with Crippen molar-refractivity contribution in [3.05, 3.63) is 31.1 Å². The van der Waals surface area contributed by atoms with Crippen molar-refractivity contribution in [2.45, 2.75) is 13.0 Å².